The molecule has 100 valence electrons. The number of imidazole rings is 1. The van der Waals surface area contributed by atoms with Gasteiger partial charge in [-0.25, -0.2) is 4.98 Å². The molecule has 1 heterocycles. The van der Waals surface area contributed by atoms with Crippen molar-refractivity contribution in [3.63, 3.8) is 0 Å². The van der Waals surface area contributed by atoms with Crippen LogP contribution in [-0.4, -0.2) is 14.7 Å². The Bertz CT molecular complexity index is 592. The van der Waals surface area contributed by atoms with Crippen molar-refractivity contribution in [1.29, 1.82) is 0 Å². The normalized spacial score (nSPS) is 11.3. The van der Waals surface area contributed by atoms with Gasteiger partial charge in [0.15, 0.2) is 5.11 Å². The fourth-order valence-electron chi connectivity index (χ4n) is 1.57. The molecule has 19 heavy (non-hydrogen) atoms. The highest BCUT2D eigenvalue weighted by molar-refractivity contribution is 7.80. The minimum atomic E-state index is -4.43. The maximum Gasteiger partial charge on any atom is 0.416 e. The summed E-state index contributed by atoms with van der Waals surface area (Å²) >= 11 is 4.66. The van der Waals surface area contributed by atoms with E-state index in [1.165, 1.54) is 18.6 Å². The second-order valence-corrected chi connectivity index (χ2v) is 4.13. The number of anilines is 1. The highest BCUT2D eigenvalue weighted by atomic mass is 32.1. The number of alkyl halides is 3. The van der Waals surface area contributed by atoms with Crippen molar-refractivity contribution in [2.75, 3.05) is 5.32 Å². The minimum absolute atomic E-state index is 0.110. The van der Waals surface area contributed by atoms with Gasteiger partial charge in [-0.1, -0.05) is 0 Å². The number of hydrogen-bond donors (Lipinski definition) is 2. The van der Waals surface area contributed by atoms with E-state index in [2.05, 4.69) is 22.5 Å². The van der Waals surface area contributed by atoms with Gasteiger partial charge in [0, 0.05) is 12.4 Å². The molecule has 0 saturated heterocycles. The fourth-order valence-corrected chi connectivity index (χ4v) is 1.68. The molecular weight excluding hydrogens is 277 g/mol. The molecule has 2 aromatic rings. The molecular formula is C11H9F3N4S. The van der Waals surface area contributed by atoms with Gasteiger partial charge in [-0.05, 0) is 30.4 Å². The van der Waals surface area contributed by atoms with Crippen LogP contribution in [0.1, 0.15) is 5.56 Å². The zero-order valence-electron chi connectivity index (χ0n) is 9.48. The Hall–Kier alpha value is -2.09. The molecule has 0 saturated carbocycles. The first kappa shape index (κ1) is 13.3. The van der Waals surface area contributed by atoms with Crippen LogP contribution in [0, 0.1) is 0 Å². The van der Waals surface area contributed by atoms with E-state index in [9.17, 15) is 13.2 Å². The summed E-state index contributed by atoms with van der Waals surface area (Å²) in [4.78, 5) is 3.84. The number of hydrogen-bond acceptors (Lipinski definition) is 2. The first-order valence-corrected chi connectivity index (χ1v) is 5.55. The Labute approximate surface area is 112 Å². The number of nitrogens with one attached hydrogen (secondary N) is 1. The van der Waals surface area contributed by atoms with Gasteiger partial charge in [0.25, 0.3) is 0 Å². The minimum Gasteiger partial charge on any atom is -0.376 e. The second-order valence-electron chi connectivity index (χ2n) is 3.69. The highest BCUT2D eigenvalue weighted by Crippen LogP contribution is 2.33. The average Bonchev–Trinajstić information content (AvgIpc) is 2.80. The molecule has 8 heteroatoms. The van der Waals surface area contributed by atoms with Gasteiger partial charge in [0.1, 0.15) is 0 Å². The van der Waals surface area contributed by atoms with Crippen LogP contribution < -0.4 is 11.1 Å². The zero-order valence-corrected chi connectivity index (χ0v) is 10.3. The maximum atomic E-state index is 12.7. The van der Waals surface area contributed by atoms with Crippen LogP contribution in [0.4, 0.5) is 18.9 Å². The molecule has 0 spiro atoms. The van der Waals surface area contributed by atoms with E-state index in [1.807, 2.05) is 0 Å². The van der Waals surface area contributed by atoms with Crippen LogP contribution >= 0.6 is 12.2 Å². The summed E-state index contributed by atoms with van der Waals surface area (Å²) in [5.74, 6) is 0. The summed E-state index contributed by atoms with van der Waals surface area (Å²) in [6.07, 6.45) is 0.156. The van der Waals surface area contributed by atoms with E-state index in [0.717, 1.165) is 12.1 Å². The SMILES string of the molecule is NC(=S)Nc1cc(C(F)(F)F)ccc1-n1ccnc1. The van der Waals surface area contributed by atoms with Crippen molar-refractivity contribution in [3.05, 3.63) is 42.5 Å². The first-order valence-electron chi connectivity index (χ1n) is 5.14. The molecule has 0 unspecified atom stereocenters. The summed E-state index contributed by atoms with van der Waals surface area (Å²) in [6.45, 7) is 0. The highest BCUT2D eigenvalue weighted by Gasteiger charge is 2.31. The van der Waals surface area contributed by atoms with Gasteiger partial charge in [0.2, 0.25) is 0 Å². The second kappa shape index (κ2) is 4.88. The lowest BCUT2D eigenvalue weighted by Gasteiger charge is -2.14. The largest absolute Gasteiger partial charge is 0.416 e. The predicted octanol–water partition coefficient (Wildman–Crippen LogP) is 2.55. The molecule has 0 aliphatic rings. The molecule has 0 bridgehead atoms. The Kier molecular flexibility index (Phi) is 3.43. The Morgan fingerprint density at radius 1 is 1.37 bits per heavy atom. The predicted molar refractivity (Wildman–Crippen MR) is 69.0 cm³/mol. The standard InChI is InChI=1S/C11H9F3N4S/c12-11(13,14)7-1-2-9(18-4-3-16-6-18)8(5-7)17-10(15)19/h1-6H,(H3,15,17,19). The van der Waals surface area contributed by atoms with Crippen molar-refractivity contribution in [2.45, 2.75) is 6.18 Å². The van der Waals surface area contributed by atoms with Crippen molar-refractivity contribution < 1.29 is 13.2 Å². The van der Waals surface area contributed by atoms with Gasteiger partial charge in [-0.3, -0.25) is 0 Å². The molecule has 0 radical (unpaired) electrons. The molecule has 0 amide bonds. The smallest absolute Gasteiger partial charge is 0.376 e. The molecule has 0 fully saturated rings. The summed E-state index contributed by atoms with van der Waals surface area (Å²) in [5, 5.41) is 2.42. The Balaban J connectivity index is 2.52. The molecule has 0 aliphatic carbocycles. The maximum absolute atomic E-state index is 12.7. The van der Waals surface area contributed by atoms with Crippen LogP contribution in [0.5, 0.6) is 0 Å². The molecule has 3 N–H and O–H groups in total. The lowest BCUT2D eigenvalue weighted by atomic mass is 10.1. The van der Waals surface area contributed by atoms with Gasteiger partial charge < -0.3 is 15.6 Å². The molecule has 1 aromatic carbocycles. The van der Waals surface area contributed by atoms with Crippen molar-refractivity contribution in [1.82, 2.24) is 9.55 Å². The van der Waals surface area contributed by atoms with Gasteiger partial charge >= 0.3 is 6.18 Å². The molecule has 4 nitrogen and oxygen atoms in total. The van der Waals surface area contributed by atoms with E-state index in [-0.39, 0.29) is 10.8 Å². The number of halogens is 3. The van der Waals surface area contributed by atoms with E-state index < -0.39 is 11.7 Å². The third-order valence-electron chi connectivity index (χ3n) is 2.36. The number of benzene rings is 1. The third-order valence-corrected chi connectivity index (χ3v) is 2.47. The number of aromatic nitrogens is 2. The average molecular weight is 286 g/mol. The van der Waals surface area contributed by atoms with Gasteiger partial charge in [-0.2, -0.15) is 13.2 Å². The number of rotatable bonds is 2. The summed E-state index contributed by atoms with van der Waals surface area (Å²) in [6, 6.07) is 3.26. The van der Waals surface area contributed by atoms with Crippen molar-refractivity contribution >= 4 is 23.0 Å². The monoisotopic (exact) mass is 286 g/mol. The quantitative estimate of drug-likeness (QED) is 0.833. The summed E-state index contributed by atoms with van der Waals surface area (Å²) in [5.41, 5.74) is 5.18. The first-order chi connectivity index (χ1) is 8.88. The fraction of sp³-hybridized carbons (Fsp3) is 0.0909. The van der Waals surface area contributed by atoms with E-state index in [4.69, 9.17) is 5.73 Å². The lowest BCUT2D eigenvalue weighted by molar-refractivity contribution is -0.137. The van der Waals surface area contributed by atoms with Crippen LogP contribution in [0.25, 0.3) is 5.69 Å². The molecule has 0 aliphatic heterocycles. The lowest BCUT2D eigenvalue weighted by Crippen LogP contribution is -2.20. The van der Waals surface area contributed by atoms with Crippen molar-refractivity contribution in [3.8, 4) is 5.69 Å². The van der Waals surface area contributed by atoms with Crippen molar-refractivity contribution in [2.24, 2.45) is 5.73 Å². The third kappa shape index (κ3) is 3.02. The van der Waals surface area contributed by atoms with Crippen LogP contribution in [0.3, 0.4) is 0 Å². The number of thiocarbonyl (C=S) groups is 1. The number of nitrogens with zero attached hydrogens (tertiary/aromatic N) is 2. The van der Waals surface area contributed by atoms with Gasteiger partial charge in [-0.15, -0.1) is 0 Å². The molecule has 2 rings (SSSR count). The van der Waals surface area contributed by atoms with E-state index >= 15 is 0 Å². The van der Waals surface area contributed by atoms with E-state index in [0.29, 0.717) is 5.69 Å². The van der Waals surface area contributed by atoms with Crippen LogP contribution in [0.15, 0.2) is 36.9 Å². The number of nitrogens with two attached hydrogens (primary N) is 1. The zero-order chi connectivity index (χ0) is 14.0. The summed E-state index contributed by atoms with van der Waals surface area (Å²) < 4.78 is 39.6. The van der Waals surface area contributed by atoms with Gasteiger partial charge in [0.05, 0.1) is 23.3 Å². The van der Waals surface area contributed by atoms with Crippen LogP contribution in [0.2, 0.25) is 0 Å². The van der Waals surface area contributed by atoms with Crippen LogP contribution in [-0.2, 0) is 6.18 Å². The Morgan fingerprint density at radius 2 is 2.11 bits per heavy atom. The molecule has 0 atom stereocenters. The van der Waals surface area contributed by atoms with E-state index in [1.54, 1.807) is 10.8 Å². The summed E-state index contributed by atoms with van der Waals surface area (Å²) in [7, 11) is 0. The topological polar surface area (TPSA) is 55.9 Å². The molecule has 1 aromatic heterocycles. The Morgan fingerprint density at radius 3 is 2.63 bits per heavy atom.